The normalized spacial score (nSPS) is 10.2. The third-order valence-corrected chi connectivity index (χ3v) is 4.20. The first kappa shape index (κ1) is 25.7. The lowest BCUT2D eigenvalue weighted by Gasteiger charge is -2.08. The molecule has 0 fully saturated rings. The van der Waals surface area contributed by atoms with Gasteiger partial charge in [-0.2, -0.15) is 0 Å². The Morgan fingerprint density at radius 2 is 1.93 bits per heavy atom. The van der Waals surface area contributed by atoms with Crippen molar-refractivity contribution in [2.75, 3.05) is 33.4 Å². The first-order chi connectivity index (χ1) is 13.7. The summed E-state index contributed by atoms with van der Waals surface area (Å²) in [5.74, 6) is 0.515. The highest BCUT2D eigenvalue weighted by atomic mass is 35.5. The first-order valence-corrected chi connectivity index (χ1v) is 9.30. The van der Waals surface area contributed by atoms with Crippen molar-refractivity contribution < 1.29 is 14.3 Å². The molecule has 7 nitrogen and oxygen atoms in total. The van der Waals surface area contributed by atoms with E-state index in [0.29, 0.717) is 37.6 Å². The number of nitrogens with one attached hydrogen (secondary N) is 2. The molecule has 3 rings (SSSR count). The van der Waals surface area contributed by atoms with Crippen LogP contribution in [-0.2, 0) is 11.3 Å². The number of hydrogen-bond donors (Lipinski definition) is 2. The summed E-state index contributed by atoms with van der Waals surface area (Å²) < 4.78 is 12.8. The summed E-state index contributed by atoms with van der Waals surface area (Å²) in [7, 11) is 1.66. The number of imidazole rings is 1. The predicted octanol–water partition coefficient (Wildman–Crippen LogP) is 3.03. The molecule has 2 heterocycles. The van der Waals surface area contributed by atoms with Crippen LogP contribution in [0.15, 0.2) is 48.8 Å². The fourth-order valence-corrected chi connectivity index (χ4v) is 2.78. The SMILES string of the molecule is COCCNCCNC(=O)c1cccc(OCc2cn3cc(C)ccc3n2)c1.Cl.Cl. The fraction of sp³-hybridized carbons (Fsp3) is 0.333. The van der Waals surface area contributed by atoms with Crippen LogP contribution in [0.2, 0.25) is 0 Å². The van der Waals surface area contributed by atoms with Crippen molar-refractivity contribution in [2.24, 2.45) is 0 Å². The molecule has 1 aromatic carbocycles. The van der Waals surface area contributed by atoms with Crippen LogP contribution < -0.4 is 15.4 Å². The van der Waals surface area contributed by atoms with Gasteiger partial charge in [0.15, 0.2) is 0 Å². The highest BCUT2D eigenvalue weighted by Crippen LogP contribution is 2.16. The van der Waals surface area contributed by atoms with Crippen LogP contribution in [0.25, 0.3) is 5.65 Å². The standard InChI is InChI=1S/C21H26N4O3.2ClH/c1-16-6-7-20-24-18(14-25(20)13-16)15-28-19-5-3-4-17(12-19)21(26)23-9-8-22-10-11-27-2;;/h3-7,12-14,22H,8-11,15H2,1-2H3,(H,23,26);2*1H. The van der Waals surface area contributed by atoms with Gasteiger partial charge in [0.2, 0.25) is 0 Å². The largest absolute Gasteiger partial charge is 0.487 e. The van der Waals surface area contributed by atoms with E-state index >= 15 is 0 Å². The second-order valence-electron chi connectivity index (χ2n) is 6.52. The molecule has 0 aliphatic heterocycles. The first-order valence-electron chi connectivity index (χ1n) is 9.30. The summed E-state index contributed by atoms with van der Waals surface area (Å²) in [5.41, 5.74) is 3.46. The van der Waals surface area contributed by atoms with E-state index < -0.39 is 0 Å². The van der Waals surface area contributed by atoms with Crippen molar-refractivity contribution in [1.82, 2.24) is 20.0 Å². The van der Waals surface area contributed by atoms with E-state index in [4.69, 9.17) is 9.47 Å². The lowest BCUT2D eigenvalue weighted by Crippen LogP contribution is -2.33. The predicted molar refractivity (Wildman–Crippen MR) is 122 cm³/mol. The second kappa shape index (κ2) is 13.1. The van der Waals surface area contributed by atoms with Gasteiger partial charge in [0.1, 0.15) is 18.0 Å². The zero-order chi connectivity index (χ0) is 19.8. The third-order valence-electron chi connectivity index (χ3n) is 4.20. The number of pyridine rings is 1. The molecule has 164 valence electrons. The van der Waals surface area contributed by atoms with Crippen molar-refractivity contribution in [3.63, 3.8) is 0 Å². The van der Waals surface area contributed by atoms with Gasteiger partial charge in [-0.3, -0.25) is 4.79 Å². The molecule has 0 spiro atoms. The summed E-state index contributed by atoms with van der Waals surface area (Å²) in [6, 6.07) is 11.2. The number of carbonyl (C=O) groups excluding carboxylic acids is 1. The molecule has 0 aliphatic rings. The van der Waals surface area contributed by atoms with Crippen molar-refractivity contribution in [3.8, 4) is 5.75 Å². The second-order valence-corrected chi connectivity index (χ2v) is 6.52. The van der Waals surface area contributed by atoms with Gasteiger partial charge in [-0.15, -0.1) is 24.8 Å². The number of hydrogen-bond acceptors (Lipinski definition) is 5. The minimum atomic E-state index is -0.123. The van der Waals surface area contributed by atoms with Gasteiger partial charge >= 0.3 is 0 Å². The van der Waals surface area contributed by atoms with Crippen LogP contribution in [0.4, 0.5) is 0 Å². The number of methoxy groups -OCH3 is 1. The molecule has 0 aliphatic carbocycles. The van der Waals surface area contributed by atoms with Crippen LogP contribution in [0.5, 0.6) is 5.75 Å². The van der Waals surface area contributed by atoms with Gasteiger partial charge in [-0.25, -0.2) is 4.98 Å². The number of amides is 1. The van der Waals surface area contributed by atoms with Gasteiger partial charge < -0.3 is 24.5 Å². The monoisotopic (exact) mass is 454 g/mol. The van der Waals surface area contributed by atoms with E-state index in [2.05, 4.69) is 15.6 Å². The molecule has 0 unspecified atom stereocenters. The molecule has 0 bridgehead atoms. The summed E-state index contributed by atoms with van der Waals surface area (Å²) in [6.07, 6.45) is 3.98. The van der Waals surface area contributed by atoms with E-state index in [0.717, 1.165) is 17.9 Å². The third kappa shape index (κ3) is 7.50. The van der Waals surface area contributed by atoms with Gasteiger partial charge in [0.05, 0.1) is 12.3 Å². The zero-order valence-corrected chi connectivity index (χ0v) is 18.7. The van der Waals surface area contributed by atoms with E-state index in [9.17, 15) is 4.79 Å². The number of carbonyl (C=O) groups is 1. The number of rotatable bonds is 10. The molecule has 1 amide bonds. The zero-order valence-electron chi connectivity index (χ0n) is 17.1. The molecule has 2 N–H and O–H groups in total. The number of ether oxygens (including phenoxy) is 2. The Kier molecular flexibility index (Phi) is 11.2. The van der Waals surface area contributed by atoms with Crippen molar-refractivity contribution in [1.29, 1.82) is 0 Å². The van der Waals surface area contributed by atoms with Crippen molar-refractivity contribution in [3.05, 3.63) is 65.6 Å². The molecular formula is C21H28Cl2N4O3. The maximum absolute atomic E-state index is 12.3. The molecule has 0 atom stereocenters. The maximum atomic E-state index is 12.3. The Hall–Kier alpha value is -2.32. The van der Waals surface area contributed by atoms with Crippen LogP contribution in [0.3, 0.4) is 0 Å². The summed E-state index contributed by atoms with van der Waals surface area (Å²) in [6.45, 7) is 5.04. The van der Waals surface area contributed by atoms with E-state index in [1.807, 2.05) is 48.0 Å². The van der Waals surface area contributed by atoms with Crippen LogP contribution in [0.1, 0.15) is 21.6 Å². The number of halogens is 2. The number of benzene rings is 1. The Bertz CT molecular complexity index is 934. The quantitative estimate of drug-likeness (QED) is 0.460. The van der Waals surface area contributed by atoms with Gasteiger partial charge in [-0.1, -0.05) is 12.1 Å². The highest BCUT2D eigenvalue weighted by Gasteiger charge is 2.07. The average molecular weight is 455 g/mol. The van der Waals surface area contributed by atoms with Crippen molar-refractivity contribution in [2.45, 2.75) is 13.5 Å². The number of aromatic nitrogens is 2. The Labute approximate surface area is 189 Å². The summed E-state index contributed by atoms with van der Waals surface area (Å²) in [4.78, 5) is 16.8. The fourth-order valence-electron chi connectivity index (χ4n) is 2.78. The Morgan fingerprint density at radius 3 is 2.73 bits per heavy atom. The van der Waals surface area contributed by atoms with Gasteiger partial charge in [0, 0.05) is 44.7 Å². The molecule has 9 heteroatoms. The summed E-state index contributed by atoms with van der Waals surface area (Å²) in [5, 5.41) is 6.07. The minimum Gasteiger partial charge on any atom is -0.487 e. The molecule has 30 heavy (non-hydrogen) atoms. The molecule has 0 saturated carbocycles. The van der Waals surface area contributed by atoms with Crippen LogP contribution in [0, 0.1) is 6.92 Å². The highest BCUT2D eigenvalue weighted by molar-refractivity contribution is 5.94. The Balaban J connectivity index is 0.00000225. The van der Waals surface area contributed by atoms with E-state index in [-0.39, 0.29) is 30.7 Å². The van der Waals surface area contributed by atoms with E-state index in [1.54, 1.807) is 19.2 Å². The number of nitrogens with zero attached hydrogens (tertiary/aromatic N) is 2. The minimum absolute atomic E-state index is 0. The molecule has 3 aromatic rings. The van der Waals surface area contributed by atoms with E-state index in [1.165, 1.54) is 5.56 Å². The summed E-state index contributed by atoms with van der Waals surface area (Å²) >= 11 is 0. The molecule has 0 radical (unpaired) electrons. The van der Waals surface area contributed by atoms with Gasteiger partial charge in [-0.05, 0) is 36.8 Å². The lowest BCUT2D eigenvalue weighted by atomic mass is 10.2. The Morgan fingerprint density at radius 1 is 1.10 bits per heavy atom. The number of fused-ring (bicyclic) bond motifs is 1. The smallest absolute Gasteiger partial charge is 0.251 e. The molecular weight excluding hydrogens is 427 g/mol. The lowest BCUT2D eigenvalue weighted by molar-refractivity contribution is 0.0953. The number of aryl methyl sites for hydroxylation is 1. The van der Waals surface area contributed by atoms with Crippen LogP contribution in [-0.4, -0.2) is 48.6 Å². The van der Waals surface area contributed by atoms with Crippen molar-refractivity contribution >= 4 is 36.4 Å². The molecule has 0 saturated heterocycles. The van der Waals surface area contributed by atoms with Crippen LogP contribution >= 0.6 is 24.8 Å². The topological polar surface area (TPSA) is 76.9 Å². The molecule has 2 aromatic heterocycles. The average Bonchev–Trinajstić information content (AvgIpc) is 3.11. The maximum Gasteiger partial charge on any atom is 0.251 e. The van der Waals surface area contributed by atoms with Gasteiger partial charge in [0.25, 0.3) is 5.91 Å².